The van der Waals surface area contributed by atoms with Crippen molar-refractivity contribution in [3.63, 3.8) is 0 Å². The first-order valence-electron chi connectivity index (χ1n) is 6.96. The quantitative estimate of drug-likeness (QED) is 0.835. The summed E-state index contributed by atoms with van der Waals surface area (Å²) in [4.78, 5) is 11.1. The van der Waals surface area contributed by atoms with Gasteiger partial charge in [-0.3, -0.25) is 0 Å². The third-order valence-corrected chi connectivity index (χ3v) is 3.20. The van der Waals surface area contributed by atoms with Gasteiger partial charge >= 0.3 is 12.2 Å². The number of benzene rings is 1. The molecular weight excluding hydrogens is 311 g/mol. The van der Waals surface area contributed by atoms with E-state index in [0.29, 0.717) is 12.3 Å². The highest BCUT2D eigenvalue weighted by Gasteiger charge is 2.34. The number of carbonyl (C=O) groups excluding carboxylic acids is 1. The van der Waals surface area contributed by atoms with Gasteiger partial charge in [-0.1, -0.05) is 12.1 Å². The molecule has 5 nitrogen and oxygen atoms in total. The number of alkyl halides is 3. The van der Waals surface area contributed by atoms with Crippen LogP contribution in [0.5, 0.6) is 0 Å². The van der Waals surface area contributed by atoms with E-state index >= 15 is 0 Å². The van der Waals surface area contributed by atoms with E-state index in [9.17, 15) is 18.0 Å². The molecule has 23 heavy (non-hydrogen) atoms. The molecule has 0 aromatic heterocycles. The molecular formula is C15H16F3N3O2. The monoisotopic (exact) mass is 327 g/mol. The van der Waals surface area contributed by atoms with Gasteiger partial charge in [0.05, 0.1) is 30.2 Å². The van der Waals surface area contributed by atoms with Gasteiger partial charge in [0.1, 0.15) is 0 Å². The molecule has 0 spiro atoms. The summed E-state index contributed by atoms with van der Waals surface area (Å²) in [7, 11) is 0. The second kappa shape index (κ2) is 6.72. The second-order valence-corrected chi connectivity index (χ2v) is 4.86. The average molecular weight is 327 g/mol. The molecule has 8 heteroatoms. The highest BCUT2D eigenvalue weighted by Crippen LogP contribution is 2.33. The highest BCUT2D eigenvalue weighted by atomic mass is 19.4. The minimum absolute atomic E-state index is 0.00393. The molecule has 0 radical (unpaired) electrons. The number of rotatable bonds is 4. The predicted molar refractivity (Wildman–Crippen MR) is 79.8 cm³/mol. The third-order valence-electron chi connectivity index (χ3n) is 3.20. The number of halogens is 3. The van der Waals surface area contributed by atoms with Crippen molar-refractivity contribution < 1.29 is 22.7 Å². The minimum atomic E-state index is -4.52. The van der Waals surface area contributed by atoms with Gasteiger partial charge in [0.2, 0.25) is 0 Å². The van der Waals surface area contributed by atoms with Crippen molar-refractivity contribution >= 4 is 17.8 Å². The lowest BCUT2D eigenvalue weighted by Gasteiger charge is -2.22. The number of hydrogen-bond acceptors (Lipinski definition) is 3. The first kappa shape index (κ1) is 16.9. The third kappa shape index (κ3) is 4.02. The molecule has 0 aliphatic carbocycles. The Balaban J connectivity index is 2.42. The largest absolute Gasteiger partial charge is 0.501 e. The van der Waals surface area contributed by atoms with Crippen LogP contribution < -0.4 is 10.7 Å². The van der Waals surface area contributed by atoms with Crippen molar-refractivity contribution in [3.8, 4) is 0 Å². The molecule has 1 aromatic carbocycles. The first-order chi connectivity index (χ1) is 10.8. The topological polar surface area (TPSA) is 62.7 Å². The number of nitrogens with zero attached hydrogens (tertiary/aromatic N) is 1. The van der Waals surface area contributed by atoms with Gasteiger partial charge in [-0.15, -0.1) is 0 Å². The average Bonchev–Trinajstić information content (AvgIpc) is 2.47. The van der Waals surface area contributed by atoms with Gasteiger partial charge in [0, 0.05) is 5.56 Å². The fraction of sp³-hybridized carbons (Fsp3) is 0.333. The summed E-state index contributed by atoms with van der Waals surface area (Å²) in [5.74, 6) is 0. The lowest BCUT2D eigenvalue weighted by Crippen LogP contribution is -2.48. The number of amides is 2. The molecule has 0 saturated heterocycles. The van der Waals surface area contributed by atoms with Crippen LogP contribution in [0, 0.1) is 0 Å². The standard InChI is InChI=1S/C15H16F3N3O2/c1-3-23-7-6-10-4-5-11(8-12(10)15(16,17)18)13-9(2)19-14(22)21-20-13/h4-9H,3H2,1-2H3,(H2,19,21,22)/b7-6+/t9-/m0/s1. The van der Waals surface area contributed by atoms with Crippen LogP contribution in [0.25, 0.3) is 6.08 Å². The first-order valence-corrected chi connectivity index (χ1v) is 6.96. The van der Waals surface area contributed by atoms with Crippen LogP contribution in [-0.4, -0.2) is 24.4 Å². The van der Waals surface area contributed by atoms with E-state index in [0.717, 1.165) is 6.07 Å². The Morgan fingerprint density at radius 3 is 2.74 bits per heavy atom. The van der Waals surface area contributed by atoms with Crippen molar-refractivity contribution in [3.05, 3.63) is 41.2 Å². The Labute approximate surface area is 131 Å². The van der Waals surface area contributed by atoms with Crippen molar-refractivity contribution in [1.29, 1.82) is 0 Å². The summed E-state index contributed by atoms with van der Waals surface area (Å²) in [6.07, 6.45) is -2.02. The molecule has 2 rings (SSSR count). The summed E-state index contributed by atoms with van der Waals surface area (Å²) in [5.41, 5.74) is 2.01. The zero-order valence-corrected chi connectivity index (χ0v) is 12.6. The Bertz CT molecular complexity index is 654. The molecule has 0 saturated carbocycles. The maximum atomic E-state index is 13.3. The predicted octanol–water partition coefficient (Wildman–Crippen LogP) is 3.12. The van der Waals surface area contributed by atoms with Gasteiger partial charge < -0.3 is 10.1 Å². The fourth-order valence-electron chi connectivity index (χ4n) is 2.14. The van der Waals surface area contributed by atoms with E-state index in [1.807, 2.05) is 0 Å². The normalized spacial score (nSPS) is 18.4. The number of ether oxygens (including phenoxy) is 1. The molecule has 1 aliphatic heterocycles. The van der Waals surface area contributed by atoms with Crippen LogP contribution in [0.15, 0.2) is 29.6 Å². The fourth-order valence-corrected chi connectivity index (χ4v) is 2.14. The van der Waals surface area contributed by atoms with E-state index in [-0.39, 0.29) is 11.1 Å². The molecule has 1 heterocycles. The van der Waals surface area contributed by atoms with Crippen molar-refractivity contribution in [2.45, 2.75) is 26.1 Å². The van der Waals surface area contributed by atoms with Crippen molar-refractivity contribution in [2.24, 2.45) is 5.10 Å². The SMILES string of the molecule is CCO/C=C/c1ccc(C2=NNC(=O)N[C@H]2C)cc1C(F)(F)F. The summed E-state index contributed by atoms with van der Waals surface area (Å²) >= 11 is 0. The maximum absolute atomic E-state index is 13.3. The summed E-state index contributed by atoms with van der Waals surface area (Å²) in [5, 5.41) is 6.38. The number of urea groups is 1. The molecule has 1 aliphatic rings. The van der Waals surface area contributed by atoms with Crippen LogP contribution in [-0.2, 0) is 10.9 Å². The van der Waals surface area contributed by atoms with E-state index in [2.05, 4.69) is 15.8 Å². The van der Waals surface area contributed by atoms with Crippen LogP contribution in [0.3, 0.4) is 0 Å². The van der Waals surface area contributed by atoms with Crippen molar-refractivity contribution in [1.82, 2.24) is 10.7 Å². The molecule has 1 aromatic rings. The maximum Gasteiger partial charge on any atom is 0.417 e. The Kier molecular flexibility index (Phi) is 4.92. The highest BCUT2D eigenvalue weighted by molar-refractivity contribution is 6.07. The van der Waals surface area contributed by atoms with E-state index < -0.39 is 23.8 Å². The number of hydrazone groups is 1. The van der Waals surface area contributed by atoms with Gasteiger partial charge in [0.25, 0.3) is 0 Å². The molecule has 2 N–H and O–H groups in total. The van der Waals surface area contributed by atoms with Gasteiger partial charge in [-0.25, -0.2) is 10.2 Å². The Morgan fingerprint density at radius 2 is 2.13 bits per heavy atom. The van der Waals surface area contributed by atoms with Crippen LogP contribution in [0.4, 0.5) is 18.0 Å². The molecule has 1 atom stereocenters. The van der Waals surface area contributed by atoms with E-state index in [1.165, 1.54) is 24.5 Å². The molecule has 0 unspecified atom stereocenters. The van der Waals surface area contributed by atoms with E-state index in [4.69, 9.17) is 4.74 Å². The Morgan fingerprint density at radius 1 is 1.39 bits per heavy atom. The number of carbonyl (C=O) groups is 1. The molecule has 2 amide bonds. The van der Waals surface area contributed by atoms with Gasteiger partial charge in [-0.05, 0) is 31.6 Å². The zero-order chi connectivity index (χ0) is 17.0. The molecule has 0 bridgehead atoms. The van der Waals surface area contributed by atoms with E-state index in [1.54, 1.807) is 13.8 Å². The summed E-state index contributed by atoms with van der Waals surface area (Å²) < 4.78 is 44.7. The second-order valence-electron chi connectivity index (χ2n) is 4.86. The van der Waals surface area contributed by atoms with Crippen molar-refractivity contribution in [2.75, 3.05) is 6.61 Å². The van der Waals surface area contributed by atoms with Gasteiger partial charge in [-0.2, -0.15) is 18.3 Å². The van der Waals surface area contributed by atoms with Crippen LogP contribution >= 0.6 is 0 Å². The lowest BCUT2D eigenvalue weighted by molar-refractivity contribution is -0.137. The smallest absolute Gasteiger partial charge is 0.417 e. The number of hydrogen-bond donors (Lipinski definition) is 2. The van der Waals surface area contributed by atoms with Crippen LogP contribution in [0.1, 0.15) is 30.5 Å². The van der Waals surface area contributed by atoms with Crippen LogP contribution in [0.2, 0.25) is 0 Å². The number of nitrogens with one attached hydrogen (secondary N) is 2. The lowest BCUT2D eigenvalue weighted by atomic mass is 9.97. The Hall–Kier alpha value is -2.51. The molecule has 0 fully saturated rings. The summed E-state index contributed by atoms with van der Waals surface area (Å²) in [6.45, 7) is 3.76. The summed E-state index contributed by atoms with van der Waals surface area (Å²) in [6, 6.07) is 2.90. The zero-order valence-electron chi connectivity index (χ0n) is 12.6. The minimum Gasteiger partial charge on any atom is -0.501 e. The van der Waals surface area contributed by atoms with Gasteiger partial charge in [0.15, 0.2) is 0 Å². The molecule has 124 valence electrons.